The summed E-state index contributed by atoms with van der Waals surface area (Å²) >= 11 is 6.03. The van der Waals surface area contributed by atoms with Crippen LogP contribution in [0.5, 0.6) is 5.75 Å². The SMILES string of the molecule is CS(=O)(=O)c1ccc(OCCCC(=O)NCC2(c3ccc(Cl)cc3)CCOCC2)cc1. The third kappa shape index (κ3) is 6.69. The molecule has 8 heteroatoms. The van der Waals surface area contributed by atoms with Gasteiger partial charge >= 0.3 is 0 Å². The lowest BCUT2D eigenvalue weighted by atomic mass is 9.74. The van der Waals surface area contributed by atoms with Crippen LogP contribution in [0.1, 0.15) is 31.2 Å². The number of amides is 1. The van der Waals surface area contributed by atoms with E-state index in [1.807, 2.05) is 24.3 Å². The third-order valence-electron chi connectivity index (χ3n) is 5.60. The van der Waals surface area contributed by atoms with E-state index in [2.05, 4.69) is 5.32 Å². The van der Waals surface area contributed by atoms with E-state index in [1.54, 1.807) is 12.1 Å². The van der Waals surface area contributed by atoms with Crippen molar-refractivity contribution in [3.63, 3.8) is 0 Å². The van der Waals surface area contributed by atoms with E-state index in [-0.39, 0.29) is 16.2 Å². The number of sulfone groups is 1. The van der Waals surface area contributed by atoms with E-state index < -0.39 is 9.84 Å². The van der Waals surface area contributed by atoms with Crippen molar-refractivity contribution >= 4 is 27.3 Å². The van der Waals surface area contributed by atoms with Crippen LogP contribution in [0, 0.1) is 0 Å². The Balaban J connectivity index is 1.46. The molecule has 168 valence electrons. The van der Waals surface area contributed by atoms with Crippen LogP contribution in [0.2, 0.25) is 5.02 Å². The maximum atomic E-state index is 12.4. The molecule has 31 heavy (non-hydrogen) atoms. The Labute approximate surface area is 188 Å². The van der Waals surface area contributed by atoms with Crippen molar-refractivity contribution < 1.29 is 22.7 Å². The zero-order chi connectivity index (χ0) is 22.3. The van der Waals surface area contributed by atoms with Crippen LogP contribution in [-0.4, -0.2) is 46.9 Å². The lowest BCUT2D eigenvalue weighted by molar-refractivity contribution is -0.121. The first-order valence-electron chi connectivity index (χ1n) is 10.3. The maximum Gasteiger partial charge on any atom is 0.220 e. The normalized spacial score (nSPS) is 15.9. The highest BCUT2D eigenvalue weighted by atomic mass is 35.5. The lowest BCUT2D eigenvalue weighted by Crippen LogP contribution is -2.44. The van der Waals surface area contributed by atoms with Crippen LogP contribution in [0.25, 0.3) is 0 Å². The van der Waals surface area contributed by atoms with E-state index in [9.17, 15) is 13.2 Å². The molecule has 0 atom stereocenters. The van der Waals surface area contributed by atoms with Gasteiger partial charge in [0.2, 0.25) is 5.91 Å². The Morgan fingerprint density at radius 2 is 1.74 bits per heavy atom. The molecule has 1 aliphatic heterocycles. The Morgan fingerprint density at radius 1 is 1.10 bits per heavy atom. The van der Waals surface area contributed by atoms with E-state index >= 15 is 0 Å². The molecule has 1 heterocycles. The van der Waals surface area contributed by atoms with Crippen molar-refractivity contribution in [2.45, 2.75) is 36.0 Å². The van der Waals surface area contributed by atoms with Crippen LogP contribution in [0.4, 0.5) is 0 Å². The molecular weight excluding hydrogens is 438 g/mol. The number of carbonyl (C=O) groups is 1. The molecule has 1 amide bonds. The molecule has 6 nitrogen and oxygen atoms in total. The molecule has 1 N–H and O–H groups in total. The first-order chi connectivity index (χ1) is 14.8. The predicted octanol–water partition coefficient (Wildman–Crippen LogP) is 3.77. The molecule has 2 aromatic rings. The molecule has 3 rings (SSSR count). The highest BCUT2D eigenvalue weighted by Gasteiger charge is 2.34. The van der Waals surface area contributed by atoms with Gasteiger partial charge in [0.15, 0.2) is 9.84 Å². The van der Waals surface area contributed by atoms with E-state index in [1.165, 1.54) is 24.0 Å². The van der Waals surface area contributed by atoms with Gasteiger partial charge in [0.1, 0.15) is 5.75 Å². The smallest absolute Gasteiger partial charge is 0.220 e. The molecule has 1 aliphatic rings. The molecule has 0 bridgehead atoms. The standard InChI is InChI=1S/C23H28ClNO5S/c1-31(27,28)21-10-8-20(9-11-21)30-14-2-3-22(26)25-17-23(12-15-29-16-13-23)18-4-6-19(24)7-5-18/h4-11H,2-3,12-17H2,1H3,(H,25,26). The number of ether oxygens (including phenoxy) is 2. The molecule has 0 radical (unpaired) electrons. The van der Waals surface area contributed by atoms with Gasteiger partial charge in [-0.25, -0.2) is 8.42 Å². The number of carbonyl (C=O) groups excluding carboxylic acids is 1. The zero-order valence-electron chi connectivity index (χ0n) is 17.6. The maximum absolute atomic E-state index is 12.4. The molecule has 0 spiro atoms. The van der Waals surface area contributed by atoms with Crippen molar-refractivity contribution in [2.75, 3.05) is 32.6 Å². The first kappa shape index (κ1) is 23.6. The quantitative estimate of drug-likeness (QED) is 0.570. The molecular formula is C23H28ClNO5S. The molecule has 0 aromatic heterocycles. The minimum absolute atomic E-state index is 0.0177. The van der Waals surface area contributed by atoms with Gasteiger partial charge < -0.3 is 14.8 Å². The minimum atomic E-state index is -3.22. The average molecular weight is 466 g/mol. The Bertz CT molecular complexity index is 968. The molecule has 0 unspecified atom stereocenters. The van der Waals surface area contributed by atoms with Crippen LogP contribution < -0.4 is 10.1 Å². The number of hydrogen-bond acceptors (Lipinski definition) is 5. The molecule has 1 saturated heterocycles. The second kappa shape index (κ2) is 10.5. The number of hydrogen-bond donors (Lipinski definition) is 1. The van der Waals surface area contributed by atoms with E-state index in [0.29, 0.717) is 50.0 Å². The summed E-state index contributed by atoms with van der Waals surface area (Å²) in [6.45, 7) is 2.28. The van der Waals surface area contributed by atoms with Gasteiger partial charge in [0.25, 0.3) is 0 Å². The summed E-state index contributed by atoms with van der Waals surface area (Å²) in [5, 5.41) is 3.77. The van der Waals surface area contributed by atoms with Gasteiger partial charge in [-0.15, -0.1) is 0 Å². The third-order valence-corrected chi connectivity index (χ3v) is 6.98. The van der Waals surface area contributed by atoms with Gasteiger partial charge in [-0.2, -0.15) is 0 Å². The van der Waals surface area contributed by atoms with Crippen LogP contribution in [0.3, 0.4) is 0 Å². The largest absolute Gasteiger partial charge is 0.494 e. The van der Waals surface area contributed by atoms with Crippen molar-refractivity contribution in [3.8, 4) is 5.75 Å². The Hall–Kier alpha value is -2.09. The fourth-order valence-electron chi connectivity index (χ4n) is 3.70. The number of halogens is 1. The minimum Gasteiger partial charge on any atom is -0.494 e. The van der Waals surface area contributed by atoms with Crippen LogP contribution in [-0.2, 0) is 24.8 Å². The van der Waals surface area contributed by atoms with Crippen LogP contribution >= 0.6 is 11.6 Å². The van der Waals surface area contributed by atoms with Gasteiger partial charge in [0.05, 0.1) is 11.5 Å². The van der Waals surface area contributed by atoms with Gasteiger partial charge in [-0.3, -0.25) is 4.79 Å². The Morgan fingerprint density at radius 3 is 2.35 bits per heavy atom. The van der Waals surface area contributed by atoms with E-state index in [4.69, 9.17) is 21.1 Å². The molecule has 2 aromatic carbocycles. The van der Waals surface area contributed by atoms with Crippen molar-refractivity contribution in [1.82, 2.24) is 5.32 Å². The van der Waals surface area contributed by atoms with Crippen molar-refractivity contribution in [1.29, 1.82) is 0 Å². The topological polar surface area (TPSA) is 81.7 Å². The summed E-state index contributed by atoms with van der Waals surface area (Å²) in [4.78, 5) is 12.6. The van der Waals surface area contributed by atoms with Gasteiger partial charge in [-0.05, 0) is 61.2 Å². The van der Waals surface area contributed by atoms with Crippen LogP contribution in [0.15, 0.2) is 53.4 Å². The second-order valence-corrected chi connectivity index (χ2v) is 10.3. The average Bonchev–Trinajstić information content (AvgIpc) is 2.76. The Kier molecular flexibility index (Phi) is 7.97. The number of benzene rings is 2. The fraction of sp³-hybridized carbons (Fsp3) is 0.435. The fourth-order valence-corrected chi connectivity index (χ4v) is 4.45. The summed E-state index contributed by atoms with van der Waals surface area (Å²) in [6, 6.07) is 14.1. The molecule has 0 saturated carbocycles. The highest BCUT2D eigenvalue weighted by Crippen LogP contribution is 2.35. The molecule has 0 aliphatic carbocycles. The van der Waals surface area contributed by atoms with E-state index in [0.717, 1.165) is 12.8 Å². The second-order valence-electron chi connectivity index (χ2n) is 7.87. The van der Waals surface area contributed by atoms with Gasteiger partial charge in [0, 0.05) is 42.9 Å². The van der Waals surface area contributed by atoms with Crippen molar-refractivity contribution in [2.24, 2.45) is 0 Å². The highest BCUT2D eigenvalue weighted by molar-refractivity contribution is 7.90. The summed E-state index contributed by atoms with van der Waals surface area (Å²) < 4.78 is 34.1. The summed E-state index contributed by atoms with van der Waals surface area (Å²) in [5.41, 5.74) is 1.03. The monoisotopic (exact) mass is 465 g/mol. The van der Waals surface area contributed by atoms with Crippen molar-refractivity contribution in [3.05, 3.63) is 59.1 Å². The summed E-state index contributed by atoms with van der Waals surface area (Å²) in [6.07, 6.45) is 3.78. The first-order valence-corrected chi connectivity index (χ1v) is 12.6. The van der Waals surface area contributed by atoms with Gasteiger partial charge in [-0.1, -0.05) is 23.7 Å². The zero-order valence-corrected chi connectivity index (χ0v) is 19.2. The molecule has 1 fully saturated rings. The lowest BCUT2D eigenvalue weighted by Gasteiger charge is -2.38. The number of nitrogens with one attached hydrogen (secondary N) is 1. The summed E-state index contributed by atoms with van der Waals surface area (Å²) in [7, 11) is -3.22. The summed E-state index contributed by atoms with van der Waals surface area (Å²) in [5.74, 6) is 0.563. The number of rotatable bonds is 9. The predicted molar refractivity (Wildman–Crippen MR) is 120 cm³/mol.